The zero-order chi connectivity index (χ0) is 22.7. The SMILES string of the molecule is Cc1ccccc1S(=O)(=O)Nc1cc(C(=O)O)cnc1N1CCC(N2CCCCC2)CC1. The van der Waals surface area contributed by atoms with Gasteiger partial charge in [0.15, 0.2) is 5.82 Å². The Morgan fingerprint density at radius 2 is 1.78 bits per heavy atom. The number of pyridine rings is 1. The van der Waals surface area contributed by atoms with Gasteiger partial charge >= 0.3 is 5.97 Å². The lowest BCUT2D eigenvalue weighted by molar-refractivity contribution is 0.0696. The molecule has 2 N–H and O–H groups in total. The van der Waals surface area contributed by atoms with Crippen molar-refractivity contribution in [2.24, 2.45) is 0 Å². The Bertz CT molecular complexity index is 1080. The first-order chi connectivity index (χ1) is 15.3. The van der Waals surface area contributed by atoms with Gasteiger partial charge in [-0.25, -0.2) is 18.2 Å². The molecule has 9 heteroatoms. The third-order valence-electron chi connectivity index (χ3n) is 6.41. The number of piperidine rings is 2. The maximum atomic E-state index is 13.1. The molecule has 0 amide bonds. The van der Waals surface area contributed by atoms with Gasteiger partial charge in [0.2, 0.25) is 0 Å². The van der Waals surface area contributed by atoms with E-state index in [-0.39, 0.29) is 16.1 Å². The fourth-order valence-electron chi connectivity index (χ4n) is 4.69. The summed E-state index contributed by atoms with van der Waals surface area (Å²) >= 11 is 0. The van der Waals surface area contributed by atoms with E-state index in [1.165, 1.54) is 37.6 Å². The minimum absolute atomic E-state index is 0.0561. The maximum Gasteiger partial charge on any atom is 0.337 e. The monoisotopic (exact) mass is 458 g/mol. The number of benzene rings is 1. The number of hydrogen-bond donors (Lipinski definition) is 2. The van der Waals surface area contributed by atoms with Crippen molar-refractivity contribution in [3.05, 3.63) is 47.7 Å². The molecule has 2 aliphatic heterocycles. The Balaban J connectivity index is 1.58. The van der Waals surface area contributed by atoms with Crippen LogP contribution in [-0.4, -0.2) is 61.6 Å². The molecular weight excluding hydrogens is 428 g/mol. The van der Waals surface area contributed by atoms with E-state index in [1.54, 1.807) is 25.1 Å². The van der Waals surface area contributed by atoms with Crippen molar-refractivity contribution in [3.63, 3.8) is 0 Å². The number of likely N-dealkylation sites (tertiary alicyclic amines) is 1. The molecule has 0 bridgehead atoms. The second kappa shape index (κ2) is 9.46. The van der Waals surface area contributed by atoms with Crippen LogP contribution >= 0.6 is 0 Å². The third kappa shape index (κ3) is 4.88. The Kier molecular flexibility index (Phi) is 6.66. The topological polar surface area (TPSA) is 103 Å². The van der Waals surface area contributed by atoms with Crippen molar-refractivity contribution in [3.8, 4) is 0 Å². The van der Waals surface area contributed by atoms with Crippen molar-refractivity contribution in [1.82, 2.24) is 9.88 Å². The van der Waals surface area contributed by atoms with Crippen LogP contribution in [0, 0.1) is 6.92 Å². The van der Waals surface area contributed by atoms with Gasteiger partial charge in [0.05, 0.1) is 16.1 Å². The normalized spacial score (nSPS) is 18.5. The van der Waals surface area contributed by atoms with E-state index in [4.69, 9.17) is 0 Å². The van der Waals surface area contributed by atoms with Gasteiger partial charge in [-0.1, -0.05) is 24.6 Å². The molecule has 0 aliphatic carbocycles. The average molecular weight is 459 g/mol. The fourth-order valence-corrected chi connectivity index (χ4v) is 5.98. The molecule has 3 heterocycles. The molecular formula is C23H30N4O4S. The van der Waals surface area contributed by atoms with Crippen molar-refractivity contribution in [1.29, 1.82) is 0 Å². The van der Waals surface area contributed by atoms with Gasteiger partial charge in [-0.15, -0.1) is 0 Å². The summed E-state index contributed by atoms with van der Waals surface area (Å²) in [6.07, 6.45) is 7.06. The molecule has 172 valence electrons. The predicted octanol–water partition coefficient (Wildman–Crippen LogP) is 3.34. The van der Waals surface area contributed by atoms with Gasteiger partial charge in [0.25, 0.3) is 10.0 Å². The molecule has 0 radical (unpaired) electrons. The van der Waals surface area contributed by atoms with Gasteiger partial charge < -0.3 is 14.9 Å². The molecule has 0 atom stereocenters. The highest BCUT2D eigenvalue weighted by atomic mass is 32.2. The summed E-state index contributed by atoms with van der Waals surface area (Å²) in [6.45, 7) is 5.53. The highest BCUT2D eigenvalue weighted by Gasteiger charge is 2.28. The summed E-state index contributed by atoms with van der Waals surface area (Å²) in [5, 5.41) is 9.41. The molecule has 2 aliphatic rings. The lowest BCUT2D eigenvalue weighted by Crippen LogP contribution is -2.47. The number of anilines is 2. The van der Waals surface area contributed by atoms with Gasteiger partial charge in [-0.2, -0.15) is 0 Å². The van der Waals surface area contributed by atoms with Crippen molar-refractivity contribution < 1.29 is 18.3 Å². The minimum atomic E-state index is -3.89. The zero-order valence-corrected chi connectivity index (χ0v) is 19.1. The van der Waals surface area contributed by atoms with E-state index in [2.05, 4.69) is 19.5 Å². The molecule has 8 nitrogen and oxygen atoms in total. The van der Waals surface area contributed by atoms with Crippen LogP contribution in [0.15, 0.2) is 41.4 Å². The molecule has 2 fully saturated rings. The summed E-state index contributed by atoms with van der Waals surface area (Å²) in [5.74, 6) is -0.673. The summed E-state index contributed by atoms with van der Waals surface area (Å²) in [4.78, 5) is 20.7. The highest BCUT2D eigenvalue weighted by Crippen LogP contribution is 2.31. The first kappa shape index (κ1) is 22.5. The molecule has 1 aromatic heterocycles. The number of nitrogens with one attached hydrogen (secondary N) is 1. The number of sulfonamides is 1. The van der Waals surface area contributed by atoms with Crippen molar-refractivity contribution in [2.75, 3.05) is 35.8 Å². The quantitative estimate of drug-likeness (QED) is 0.684. The lowest BCUT2D eigenvalue weighted by Gasteiger charge is -2.40. The van der Waals surface area contributed by atoms with Crippen molar-refractivity contribution in [2.45, 2.75) is 50.0 Å². The zero-order valence-electron chi connectivity index (χ0n) is 18.3. The first-order valence-corrected chi connectivity index (χ1v) is 12.6. The van der Waals surface area contributed by atoms with Crippen molar-refractivity contribution >= 4 is 27.5 Å². The number of rotatable bonds is 6. The van der Waals surface area contributed by atoms with Crippen LogP contribution in [-0.2, 0) is 10.0 Å². The van der Waals surface area contributed by atoms with Crippen LogP contribution in [0.25, 0.3) is 0 Å². The van der Waals surface area contributed by atoms with E-state index < -0.39 is 16.0 Å². The number of carbonyl (C=O) groups is 1. The largest absolute Gasteiger partial charge is 0.478 e. The molecule has 0 spiro atoms. The molecule has 0 saturated carbocycles. The summed E-state index contributed by atoms with van der Waals surface area (Å²) < 4.78 is 28.8. The fraction of sp³-hybridized carbons (Fsp3) is 0.478. The van der Waals surface area contributed by atoms with E-state index in [0.29, 0.717) is 17.4 Å². The molecule has 32 heavy (non-hydrogen) atoms. The number of nitrogens with zero attached hydrogens (tertiary/aromatic N) is 3. The van der Waals surface area contributed by atoms with E-state index >= 15 is 0 Å². The van der Waals surface area contributed by atoms with E-state index in [9.17, 15) is 18.3 Å². The van der Waals surface area contributed by atoms with Crippen LogP contribution < -0.4 is 9.62 Å². The molecule has 4 rings (SSSR count). The van der Waals surface area contributed by atoms with Crippen LogP contribution in [0.4, 0.5) is 11.5 Å². The number of carboxylic acid groups (broad SMARTS) is 1. The number of hydrogen-bond acceptors (Lipinski definition) is 6. The summed E-state index contributed by atoms with van der Waals surface area (Å²) in [7, 11) is -3.89. The standard InChI is InChI=1S/C23H30N4O4S/c1-17-7-3-4-8-21(17)32(30,31)25-20-15-18(23(28)29)16-24-22(20)27-13-9-19(10-14-27)26-11-5-2-6-12-26/h3-4,7-8,15-16,19,25H,2,5-6,9-14H2,1H3,(H,28,29). The third-order valence-corrected chi connectivity index (χ3v) is 7.94. The minimum Gasteiger partial charge on any atom is -0.478 e. The van der Waals surface area contributed by atoms with Crippen LogP contribution in [0.2, 0.25) is 0 Å². The lowest BCUT2D eigenvalue weighted by atomic mass is 10.00. The number of aromatic nitrogens is 1. The van der Waals surface area contributed by atoms with Gasteiger partial charge in [0.1, 0.15) is 0 Å². The second-order valence-electron chi connectivity index (χ2n) is 8.59. The highest BCUT2D eigenvalue weighted by molar-refractivity contribution is 7.92. The van der Waals surface area contributed by atoms with Gasteiger partial charge in [-0.05, 0) is 63.4 Å². The van der Waals surface area contributed by atoms with E-state index in [1.807, 2.05) is 0 Å². The summed E-state index contributed by atoms with van der Waals surface area (Å²) in [5.41, 5.74) is 0.759. The maximum absolute atomic E-state index is 13.1. The van der Waals surface area contributed by atoms with E-state index in [0.717, 1.165) is 39.0 Å². The average Bonchev–Trinajstić information content (AvgIpc) is 2.79. The Labute approximate surface area is 189 Å². The first-order valence-electron chi connectivity index (χ1n) is 11.2. The number of carboxylic acids is 1. The van der Waals surface area contributed by atoms with Crippen LogP contribution in [0.5, 0.6) is 0 Å². The second-order valence-corrected chi connectivity index (χ2v) is 10.2. The molecule has 1 aromatic carbocycles. The molecule has 2 saturated heterocycles. The Morgan fingerprint density at radius 1 is 1.09 bits per heavy atom. The van der Waals surface area contributed by atoms with Gasteiger partial charge in [-0.3, -0.25) is 4.72 Å². The Morgan fingerprint density at radius 3 is 2.44 bits per heavy atom. The smallest absolute Gasteiger partial charge is 0.337 e. The van der Waals surface area contributed by atoms with Crippen LogP contribution in [0.1, 0.15) is 48.0 Å². The number of aryl methyl sites for hydroxylation is 1. The van der Waals surface area contributed by atoms with Gasteiger partial charge in [0, 0.05) is 25.3 Å². The van der Waals surface area contributed by atoms with Crippen LogP contribution in [0.3, 0.4) is 0 Å². The predicted molar refractivity (Wildman–Crippen MR) is 124 cm³/mol. The molecule has 0 unspecified atom stereocenters. The molecule has 2 aromatic rings. The summed E-state index contributed by atoms with van der Waals surface area (Å²) in [6, 6.07) is 8.61. The Hall–Kier alpha value is -2.65. The number of aromatic carboxylic acids is 1.